The molecule has 5 heteroatoms. The van der Waals surface area contributed by atoms with Crippen LogP contribution in [-0.4, -0.2) is 0 Å². The number of para-hydroxylation sites is 4. The SMILES string of the molecule is CC1(C)c2cc(N(c3ccc4c(c3)C(C)(C)c3c5c(c6oc7ccccc7c6c3-4)-c3ccccc3C5(C)C)c3ccc4c(c3)C(C)(C)c3c5c(c6oc7ccccc7c6c3-4)-c3ccccc3C5(C)C)ccc2-c2c1cc(-c1ccc3oc4ccccc4c3c1)c1oc3ccccc3c21. The number of anilines is 3. The molecule has 22 rings (SSSR count). The summed E-state index contributed by atoms with van der Waals surface area (Å²) in [5, 5.41) is 9.18. The van der Waals surface area contributed by atoms with Crippen LogP contribution in [0.15, 0.2) is 242 Å². The normalized spacial score (nSPS) is 16.3. The van der Waals surface area contributed by atoms with Crippen LogP contribution < -0.4 is 4.90 Å². The van der Waals surface area contributed by atoms with Crippen LogP contribution in [0.25, 0.3) is 155 Å². The first-order valence-corrected chi connectivity index (χ1v) is 34.8. The van der Waals surface area contributed by atoms with Crippen molar-refractivity contribution in [2.45, 2.75) is 96.3 Å². The molecule has 0 bridgehead atoms. The van der Waals surface area contributed by atoms with Gasteiger partial charge in [0, 0.05) is 104 Å². The Morgan fingerprint density at radius 3 is 1.08 bits per heavy atom. The molecule has 13 aromatic carbocycles. The summed E-state index contributed by atoms with van der Waals surface area (Å²) in [7, 11) is 0. The first-order valence-electron chi connectivity index (χ1n) is 34.8. The molecule has 17 aromatic rings. The molecule has 0 N–H and O–H groups in total. The Hall–Kier alpha value is -11.1. The molecule has 0 fully saturated rings. The Kier molecular flexibility index (Phi) is 10.1. The molecule has 0 saturated heterocycles. The molecule has 0 amide bonds. The Balaban J connectivity index is 0.784. The summed E-state index contributed by atoms with van der Waals surface area (Å²) in [4.78, 5) is 2.58. The van der Waals surface area contributed by atoms with Gasteiger partial charge in [0.2, 0.25) is 0 Å². The van der Waals surface area contributed by atoms with Gasteiger partial charge in [-0.05, 0) is 185 Å². The molecule has 5 aliphatic carbocycles. The summed E-state index contributed by atoms with van der Waals surface area (Å²) in [5.41, 5.74) is 36.9. The van der Waals surface area contributed by atoms with Gasteiger partial charge in [-0.3, -0.25) is 0 Å². The van der Waals surface area contributed by atoms with E-state index in [0.717, 1.165) is 105 Å². The van der Waals surface area contributed by atoms with Gasteiger partial charge in [0.05, 0.1) is 0 Å². The summed E-state index contributed by atoms with van der Waals surface area (Å²) in [6.45, 7) is 24.5. The molecule has 4 heterocycles. The molecular weight excluding hydrogens is 1200 g/mol. The Morgan fingerprint density at radius 2 is 0.592 bits per heavy atom. The highest BCUT2D eigenvalue weighted by Gasteiger charge is 2.51. The van der Waals surface area contributed by atoms with E-state index in [1.54, 1.807) is 0 Å². The minimum atomic E-state index is -0.434. The van der Waals surface area contributed by atoms with Crippen molar-refractivity contribution in [3.8, 4) is 66.8 Å². The van der Waals surface area contributed by atoms with Gasteiger partial charge in [-0.25, -0.2) is 0 Å². The number of furan rings is 4. The third-order valence-corrected chi connectivity index (χ3v) is 24.5. The molecule has 5 aliphatic rings. The Morgan fingerprint density at radius 1 is 0.235 bits per heavy atom. The molecule has 4 aromatic heterocycles. The van der Waals surface area contributed by atoms with Crippen LogP contribution in [0.4, 0.5) is 17.1 Å². The van der Waals surface area contributed by atoms with Crippen molar-refractivity contribution in [3.05, 3.63) is 280 Å². The second-order valence-corrected chi connectivity index (χ2v) is 31.3. The largest absolute Gasteiger partial charge is 0.456 e. The maximum atomic E-state index is 7.15. The first-order chi connectivity index (χ1) is 47.4. The summed E-state index contributed by atoms with van der Waals surface area (Å²) in [6.07, 6.45) is 0. The van der Waals surface area contributed by atoms with E-state index in [9.17, 15) is 0 Å². The van der Waals surface area contributed by atoms with Crippen LogP contribution in [0.5, 0.6) is 0 Å². The van der Waals surface area contributed by atoms with Gasteiger partial charge in [0.1, 0.15) is 44.7 Å². The molecule has 0 aliphatic heterocycles. The van der Waals surface area contributed by atoms with Gasteiger partial charge in [-0.15, -0.1) is 0 Å². The highest BCUT2D eigenvalue weighted by atomic mass is 16.3. The summed E-state index contributed by atoms with van der Waals surface area (Å²) < 4.78 is 27.8. The third kappa shape index (κ3) is 6.51. The van der Waals surface area contributed by atoms with Gasteiger partial charge < -0.3 is 22.6 Å². The first kappa shape index (κ1) is 55.0. The lowest BCUT2D eigenvalue weighted by Gasteiger charge is -2.33. The zero-order valence-corrected chi connectivity index (χ0v) is 56.4. The van der Waals surface area contributed by atoms with Crippen molar-refractivity contribution in [3.63, 3.8) is 0 Å². The van der Waals surface area contributed by atoms with Crippen molar-refractivity contribution in [1.82, 2.24) is 0 Å². The van der Waals surface area contributed by atoms with Crippen LogP contribution in [0.3, 0.4) is 0 Å². The summed E-state index contributed by atoms with van der Waals surface area (Å²) in [6, 6.07) is 83.6. The van der Waals surface area contributed by atoms with Crippen LogP contribution in [0.2, 0.25) is 0 Å². The fourth-order valence-electron chi connectivity index (χ4n) is 20.1. The molecule has 98 heavy (non-hydrogen) atoms. The number of fused-ring (bicyclic) bond motifs is 34. The van der Waals surface area contributed by atoms with Gasteiger partial charge >= 0.3 is 0 Å². The summed E-state index contributed by atoms with van der Waals surface area (Å²) in [5.74, 6) is 0. The Labute approximate surface area is 567 Å². The van der Waals surface area contributed by atoms with Gasteiger partial charge in [0.25, 0.3) is 0 Å². The Bertz CT molecular complexity index is 6350. The average molecular weight is 1260 g/mol. The van der Waals surface area contributed by atoms with E-state index in [1.807, 2.05) is 6.07 Å². The van der Waals surface area contributed by atoms with E-state index in [2.05, 4.69) is 293 Å². The lowest BCUT2D eigenvalue weighted by atomic mass is 9.72. The number of hydrogen-bond donors (Lipinski definition) is 0. The van der Waals surface area contributed by atoms with E-state index < -0.39 is 16.2 Å². The quantitative estimate of drug-likeness (QED) is 0.176. The smallest absolute Gasteiger partial charge is 0.144 e. The molecule has 468 valence electrons. The van der Waals surface area contributed by atoms with Crippen LogP contribution in [-0.2, 0) is 27.1 Å². The van der Waals surface area contributed by atoms with E-state index >= 15 is 0 Å². The molecular formula is C93H67NO4. The minimum absolute atomic E-state index is 0.287. The molecule has 0 unspecified atom stereocenters. The maximum Gasteiger partial charge on any atom is 0.144 e. The van der Waals surface area contributed by atoms with Gasteiger partial charge in [-0.2, -0.15) is 0 Å². The number of rotatable bonds is 4. The van der Waals surface area contributed by atoms with Gasteiger partial charge in [0.15, 0.2) is 0 Å². The van der Waals surface area contributed by atoms with Crippen molar-refractivity contribution >= 4 is 105 Å². The van der Waals surface area contributed by atoms with E-state index in [1.165, 1.54) is 122 Å². The predicted octanol–water partition coefficient (Wildman–Crippen LogP) is 26.0. The third-order valence-electron chi connectivity index (χ3n) is 24.5. The second-order valence-electron chi connectivity index (χ2n) is 31.3. The molecule has 5 nitrogen and oxygen atoms in total. The van der Waals surface area contributed by atoms with Gasteiger partial charge in [-0.1, -0.05) is 215 Å². The standard InChI is InChI=1S/C93H67NO4/c1-89(2)65-44-49(36-39-55(65)74-68(89)47-61(86-77(74)58-26-14-20-32-70(58)96-86)48-35-42-73-62(43-48)52-23-13-19-31-69(52)95-73)94(50-37-40-56-66(45-50)92(7,8)82-75(56)78-59-27-15-21-33-71(59)97-87(78)80-53-24-11-17-29-63(53)90(3,4)84(80)82)51-38-41-57-67(46-51)93(9,10)83-76(57)79-60-28-16-22-34-72(60)98-88(79)81-54-25-12-18-30-64(54)91(5,6)85(81)83/h11-47H,1-10H3. The lowest BCUT2D eigenvalue weighted by molar-refractivity contribution is 0.600. The van der Waals surface area contributed by atoms with E-state index in [4.69, 9.17) is 17.7 Å². The van der Waals surface area contributed by atoms with Crippen molar-refractivity contribution in [1.29, 1.82) is 0 Å². The van der Waals surface area contributed by atoms with Crippen LogP contribution >= 0.6 is 0 Å². The van der Waals surface area contributed by atoms with Crippen LogP contribution in [0, 0.1) is 0 Å². The van der Waals surface area contributed by atoms with Crippen LogP contribution in [0.1, 0.15) is 125 Å². The monoisotopic (exact) mass is 1260 g/mol. The topological polar surface area (TPSA) is 55.8 Å². The zero-order chi connectivity index (χ0) is 65.7. The van der Waals surface area contributed by atoms with Crippen molar-refractivity contribution < 1.29 is 17.7 Å². The molecule has 0 radical (unpaired) electrons. The lowest BCUT2D eigenvalue weighted by Crippen LogP contribution is -2.24. The van der Waals surface area contributed by atoms with E-state index in [0.29, 0.717) is 0 Å². The average Bonchev–Trinajstić information content (AvgIpc) is 1.51. The molecule has 0 saturated carbocycles. The highest BCUT2D eigenvalue weighted by molar-refractivity contribution is 6.24. The number of benzene rings is 13. The summed E-state index contributed by atoms with van der Waals surface area (Å²) >= 11 is 0. The molecule has 0 atom stereocenters. The number of hydrogen-bond acceptors (Lipinski definition) is 5. The maximum absolute atomic E-state index is 7.15. The second kappa shape index (κ2) is 17.9. The highest BCUT2D eigenvalue weighted by Crippen LogP contribution is 2.67. The predicted molar refractivity (Wildman–Crippen MR) is 403 cm³/mol. The zero-order valence-electron chi connectivity index (χ0n) is 56.4. The fraction of sp³-hybridized carbons (Fsp3) is 0.161. The van der Waals surface area contributed by atoms with Crippen molar-refractivity contribution in [2.75, 3.05) is 4.90 Å². The van der Waals surface area contributed by atoms with Crippen molar-refractivity contribution in [2.24, 2.45) is 0 Å². The number of nitrogens with zero attached hydrogens (tertiary/aromatic N) is 1. The minimum Gasteiger partial charge on any atom is -0.456 e. The fourth-order valence-corrected chi connectivity index (χ4v) is 20.1. The molecule has 0 spiro atoms. The van der Waals surface area contributed by atoms with E-state index in [-0.39, 0.29) is 10.8 Å².